The molecule has 1 aliphatic rings. The number of rotatable bonds is 9. The highest BCUT2D eigenvalue weighted by atomic mass is 16.6. The number of nitrogens with zero attached hydrogens (tertiary/aromatic N) is 1. The number of hydrogen-bond acceptors (Lipinski definition) is 6. The van der Waals surface area contributed by atoms with Crippen LogP contribution in [0, 0.1) is 6.92 Å². The molecule has 0 unspecified atom stereocenters. The Balaban J connectivity index is 2.55. The van der Waals surface area contributed by atoms with E-state index in [-0.39, 0.29) is 24.3 Å². The van der Waals surface area contributed by atoms with Crippen LogP contribution >= 0.6 is 0 Å². The number of carbonyl (C=O) groups is 3. The number of carbonyl (C=O) groups excluding carboxylic acids is 2. The Bertz CT molecular complexity index is 869. The summed E-state index contributed by atoms with van der Waals surface area (Å²) in [6, 6.07) is 0. The van der Waals surface area contributed by atoms with Crippen molar-refractivity contribution >= 4 is 18.0 Å². The summed E-state index contributed by atoms with van der Waals surface area (Å²) in [5, 5.41) is 8.88. The maximum atomic E-state index is 12.7. The first-order chi connectivity index (χ1) is 14.2. The Morgan fingerprint density at radius 3 is 2.43 bits per heavy atom. The van der Waals surface area contributed by atoms with Gasteiger partial charge in [-0.25, -0.2) is 9.59 Å². The molecule has 1 amide bonds. The summed E-state index contributed by atoms with van der Waals surface area (Å²) in [6.07, 6.45) is 2.05. The van der Waals surface area contributed by atoms with Crippen LogP contribution in [0.15, 0.2) is 11.6 Å². The monoisotopic (exact) mass is 419 g/mol. The van der Waals surface area contributed by atoms with Crippen molar-refractivity contribution < 1.29 is 33.7 Å². The van der Waals surface area contributed by atoms with Gasteiger partial charge < -0.3 is 24.2 Å². The molecule has 0 aliphatic carbocycles. The second-order valence-electron chi connectivity index (χ2n) is 7.08. The highest BCUT2D eigenvalue weighted by molar-refractivity contribution is 5.99. The molecule has 0 saturated carbocycles. The minimum absolute atomic E-state index is 0.0266. The lowest BCUT2D eigenvalue weighted by molar-refractivity contribution is -0.136. The van der Waals surface area contributed by atoms with Crippen LogP contribution in [0.3, 0.4) is 0 Å². The second-order valence-corrected chi connectivity index (χ2v) is 7.08. The smallest absolute Gasteiger partial charge is 0.415 e. The predicted octanol–water partition coefficient (Wildman–Crippen LogP) is 3.87. The third-order valence-electron chi connectivity index (χ3n) is 5.22. The summed E-state index contributed by atoms with van der Waals surface area (Å²) in [5.74, 6) is -0.734. The van der Waals surface area contributed by atoms with Gasteiger partial charge in [0, 0.05) is 30.6 Å². The fourth-order valence-corrected chi connectivity index (χ4v) is 3.44. The van der Waals surface area contributed by atoms with Gasteiger partial charge in [-0.1, -0.05) is 11.6 Å². The van der Waals surface area contributed by atoms with Gasteiger partial charge >= 0.3 is 18.0 Å². The number of methoxy groups -OCH3 is 1. The lowest BCUT2D eigenvalue weighted by Gasteiger charge is -2.22. The molecule has 0 fully saturated rings. The number of carboxylic acids is 1. The molecule has 8 heteroatoms. The Hall–Kier alpha value is -3.03. The van der Waals surface area contributed by atoms with Crippen LogP contribution in [0.2, 0.25) is 0 Å². The van der Waals surface area contributed by atoms with Gasteiger partial charge in [-0.15, -0.1) is 0 Å². The molecule has 1 aromatic rings. The Morgan fingerprint density at radius 2 is 1.87 bits per heavy atom. The molecule has 0 aromatic heterocycles. The minimum Gasteiger partial charge on any atom is -0.496 e. The molecule has 30 heavy (non-hydrogen) atoms. The van der Waals surface area contributed by atoms with Crippen LogP contribution in [-0.4, -0.2) is 48.2 Å². The summed E-state index contributed by atoms with van der Waals surface area (Å²) >= 11 is 0. The quantitative estimate of drug-likeness (QED) is 0.479. The van der Waals surface area contributed by atoms with E-state index in [0.29, 0.717) is 42.8 Å². The first-order valence-electron chi connectivity index (χ1n) is 9.98. The van der Waals surface area contributed by atoms with Crippen LogP contribution in [0.1, 0.15) is 60.7 Å². The van der Waals surface area contributed by atoms with Gasteiger partial charge in [-0.3, -0.25) is 4.79 Å². The maximum absolute atomic E-state index is 12.7. The van der Waals surface area contributed by atoms with Gasteiger partial charge in [-0.05, 0) is 46.1 Å². The molecule has 2 rings (SSSR count). The van der Waals surface area contributed by atoms with Gasteiger partial charge in [0.25, 0.3) is 0 Å². The lowest BCUT2D eigenvalue weighted by atomic mass is 9.94. The number of ether oxygens (including phenoxy) is 3. The summed E-state index contributed by atoms with van der Waals surface area (Å²) in [4.78, 5) is 37.4. The number of esters is 1. The van der Waals surface area contributed by atoms with Crippen LogP contribution < -0.4 is 9.47 Å². The molecule has 8 nitrogen and oxygen atoms in total. The zero-order valence-electron chi connectivity index (χ0n) is 18.2. The Labute approximate surface area is 176 Å². The first-order valence-corrected chi connectivity index (χ1v) is 9.98. The molecule has 0 spiro atoms. The van der Waals surface area contributed by atoms with E-state index in [2.05, 4.69) is 0 Å². The number of carboxylic acid groups (broad SMARTS) is 1. The molecule has 0 radical (unpaired) electrons. The number of fused-ring (bicyclic) bond motifs is 1. The molecule has 1 aromatic carbocycles. The van der Waals surface area contributed by atoms with E-state index in [4.69, 9.17) is 19.3 Å². The van der Waals surface area contributed by atoms with Crippen molar-refractivity contribution in [3.63, 3.8) is 0 Å². The fraction of sp³-hybridized carbons (Fsp3) is 0.500. The van der Waals surface area contributed by atoms with Crippen molar-refractivity contribution in [2.24, 2.45) is 0 Å². The number of aliphatic carboxylic acids is 1. The van der Waals surface area contributed by atoms with E-state index in [1.165, 1.54) is 12.0 Å². The van der Waals surface area contributed by atoms with Crippen molar-refractivity contribution in [3.8, 4) is 11.5 Å². The third-order valence-corrected chi connectivity index (χ3v) is 5.22. The first kappa shape index (κ1) is 23.3. The van der Waals surface area contributed by atoms with Gasteiger partial charge in [0.15, 0.2) is 5.75 Å². The Kier molecular flexibility index (Phi) is 7.86. The van der Waals surface area contributed by atoms with Gasteiger partial charge in [0.1, 0.15) is 17.9 Å². The van der Waals surface area contributed by atoms with Crippen molar-refractivity contribution in [1.82, 2.24) is 4.90 Å². The van der Waals surface area contributed by atoms with E-state index < -0.39 is 18.0 Å². The molecule has 1 aliphatic heterocycles. The highest BCUT2D eigenvalue weighted by Crippen LogP contribution is 2.43. The van der Waals surface area contributed by atoms with E-state index in [1.807, 2.05) is 33.8 Å². The summed E-state index contributed by atoms with van der Waals surface area (Å²) in [7, 11) is 1.52. The van der Waals surface area contributed by atoms with E-state index >= 15 is 0 Å². The van der Waals surface area contributed by atoms with Crippen LogP contribution in [0.25, 0.3) is 0 Å². The summed E-state index contributed by atoms with van der Waals surface area (Å²) in [6.45, 7) is 8.39. The molecular formula is C22H29NO7. The van der Waals surface area contributed by atoms with Crippen LogP contribution in [0.4, 0.5) is 4.79 Å². The number of benzene rings is 1. The van der Waals surface area contributed by atoms with E-state index in [9.17, 15) is 14.4 Å². The molecule has 1 N–H and O–H groups in total. The average Bonchev–Trinajstić information content (AvgIpc) is 3.10. The molecular weight excluding hydrogens is 390 g/mol. The SMILES string of the molecule is CCN(CC)C(=O)Oc1c(CC=C(C)CCC(=O)O)c(OC)c(C)c2c1C(=O)OC2. The number of hydrogen-bond donors (Lipinski definition) is 1. The molecule has 0 saturated heterocycles. The summed E-state index contributed by atoms with van der Waals surface area (Å²) < 4.78 is 16.5. The van der Waals surface area contributed by atoms with Crippen LogP contribution in [-0.2, 0) is 22.6 Å². The fourth-order valence-electron chi connectivity index (χ4n) is 3.44. The van der Waals surface area contributed by atoms with Crippen LogP contribution in [0.5, 0.6) is 11.5 Å². The molecule has 164 valence electrons. The minimum atomic E-state index is -0.870. The largest absolute Gasteiger partial charge is 0.496 e. The highest BCUT2D eigenvalue weighted by Gasteiger charge is 2.34. The van der Waals surface area contributed by atoms with E-state index in [0.717, 1.165) is 11.1 Å². The second kappa shape index (κ2) is 10.1. The average molecular weight is 419 g/mol. The third kappa shape index (κ3) is 4.93. The molecule has 0 bridgehead atoms. The molecule has 0 atom stereocenters. The van der Waals surface area contributed by atoms with Crippen molar-refractivity contribution in [2.45, 2.75) is 53.6 Å². The number of cyclic esters (lactones) is 1. The summed E-state index contributed by atoms with van der Waals surface area (Å²) in [5.41, 5.74) is 3.09. The van der Waals surface area contributed by atoms with Gasteiger partial charge in [0.2, 0.25) is 0 Å². The maximum Gasteiger partial charge on any atom is 0.415 e. The van der Waals surface area contributed by atoms with Crippen molar-refractivity contribution in [2.75, 3.05) is 20.2 Å². The number of amides is 1. The zero-order valence-corrected chi connectivity index (χ0v) is 18.2. The van der Waals surface area contributed by atoms with Crippen molar-refractivity contribution in [1.29, 1.82) is 0 Å². The topological polar surface area (TPSA) is 102 Å². The van der Waals surface area contributed by atoms with E-state index in [1.54, 1.807) is 0 Å². The van der Waals surface area contributed by atoms with Gasteiger partial charge in [-0.2, -0.15) is 0 Å². The van der Waals surface area contributed by atoms with Crippen molar-refractivity contribution in [3.05, 3.63) is 33.9 Å². The standard InChI is InChI=1S/C22H29NO7/c1-6-23(7-2)22(27)30-20-15(10-8-13(3)9-11-17(24)25)19(28-5)14(4)16-12-29-21(26)18(16)20/h8H,6-7,9-12H2,1-5H3,(H,24,25). The normalized spacial score (nSPS) is 13.0. The Morgan fingerprint density at radius 1 is 1.20 bits per heavy atom. The zero-order chi connectivity index (χ0) is 22.4. The van der Waals surface area contributed by atoms with Gasteiger partial charge in [0.05, 0.1) is 7.11 Å². The predicted molar refractivity (Wildman–Crippen MR) is 110 cm³/mol. The number of allylic oxidation sites excluding steroid dienone is 2. The lowest BCUT2D eigenvalue weighted by Crippen LogP contribution is -2.33. The molecule has 1 heterocycles.